The molecule has 1 aromatic rings. The number of aliphatic hydroxyl groups is 1. The number of rotatable bonds is 11. The van der Waals surface area contributed by atoms with Crippen LogP contribution < -0.4 is 0 Å². The van der Waals surface area contributed by atoms with Crippen molar-refractivity contribution in [1.29, 1.82) is 0 Å². The highest BCUT2D eigenvalue weighted by Crippen LogP contribution is 2.12. The molecule has 1 N–H and O–H groups in total. The zero-order chi connectivity index (χ0) is 15.5. The van der Waals surface area contributed by atoms with E-state index in [0.717, 1.165) is 25.8 Å². The lowest BCUT2D eigenvalue weighted by Gasteiger charge is -2.24. The van der Waals surface area contributed by atoms with Crippen LogP contribution in [0.25, 0.3) is 0 Å². The predicted octanol–water partition coefficient (Wildman–Crippen LogP) is 2.36. The highest BCUT2D eigenvalue weighted by molar-refractivity contribution is 7.09. The van der Waals surface area contributed by atoms with E-state index in [4.69, 9.17) is 5.11 Å². The highest BCUT2D eigenvalue weighted by Gasteiger charge is 2.15. The normalized spacial score (nSPS) is 10.8. The van der Waals surface area contributed by atoms with Gasteiger partial charge in [-0.05, 0) is 44.3 Å². The van der Waals surface area contributed by atoms with E-state index < -0.39 is 0 Å². The maximum absolute atomic E-state index is 12.4. The van der Waals surface area contributed by atoms with Crippen LogP contribution in [0, 0.1) is 0 Å². The Bertz CT molecular complexity index is 406. The smallest absolute Gasteiger partial charge is 0.237 e. The Morgan fingerprint density at radius 1 is 1.43 bits per heavy atom. The van der Waals surface area contributed by atoms with E-state index in [2.05, 4.69) is 6.58 Å². The van der Waals surface area contributed by atoms with Gasteiger partial charge in [0.05, 0.1) is 13.1 Å². The maximum Gasteiger partial charge on any atom is 0.237 e. The summed E-state index contributed by atoms with van der Waals surface area (Å²) in [7, 11) is 1.97. The number of likely N-dealkylation sites (N-methyl/N-ethyl adjacent to an activating group) is 1. The molecule has 1 amide bonds. The van der Waals surface area contributed by atoms with Crippen LogP contribution in [0.2, 0.25) is 0 Å². The number of carbonyl (C=O) groups excluding carboxylic acids is 1. The number of nitrogens with zero attached hydrogens (tertiary/aromatic N) is 2. The number of hydrogen-bond donors (Lipinski definition) is 1. The SMILES string of the molecule is C=CCN(Cc1cccs1)C(=O)CN(C)CCCCCO. The summed E-state index contributed by atoms with van der Waals surface area (Å²) in [4.78, 5) is 17.4. The standard InChI is InChI=1S/C16H26N2O2S/c1-3-9-18(13-15-8-7-12-21-15)16(20)14-17(2)10-5-4-6-11-19/h3,7-8,12,19H,1,4-6,9-11,13-14H2,2H3. The summed E-state index contributed by atoms with van der Waals surface area (Å²) < 4.78 is 0. The van der Waals surface area contributed by atoms with Crippen molar-refractivity contribution in [3.63, 3.8) is 0 Å². The van der Waals surface area contributed by atoms with E-state index in [1.807, 2.05) is 34.4 Å². The first-order valence-corrected chi connectivity index (χ1v) is 8.25. The maximum atomic E-state index is 12.4. The lowest BCUT2D eigenvalue weighted by atomic mass is 10.2. The second-order valence-corrected chi connectivity index (χ2v) is 6.20. The molecule has 0 saturated carbocycles. The fraction of sp³-hybridized carbons (Fsp3) is 0.562. The van der Waals surface area contributed by atoms with E-state index in [0.29, 0.717) is 19.6 Å². The van der Waals surface area contributed by atoms with Crippen molar-refractivity contribution in [2.45, 2.75) is 25.8 Å². The molecule has 0 aliphatic rings. The van der Waals surface area contributed by atoms with E-state index in [-0.39, 0.29) is 12.5 Å². The molecule has 5 heteroatoms. The van der Waals surface area contributed by atoms with Crippen molar-refractivity contribution in [2.24, 2.45) is 0 Å². The molecule has 1 rings (SSSR count). The summed E-state index contributed by atoms with van der Waals surface area (Å²) >= 11 is 1.67. The molecule has 0 atom stereocenters. The van der Waals surface area contributed by atoms with Gasteiger partial charge < -0.3 is 10.0 Å². The lowest BCUT2D eigenvalue weighted by molar-refractivity contribution is -0.132. The Hall–Kier alpha value is -1.17. The molecule has 0 fully saturated rings. The van der Waals surface area contributed by atoms with Crippen molar-refractivity contribution in [3.05, 3.63) is 35.0 Å². The summed E-state index contributed by atoms with van der Waals surface area (Å²) in [6.45, 7) is 6.52. The Morgan fingerprint density at radius 2 is 2.24 bits per heavy atom. The third-order valence-corrected chi connectivity index (χ3v) is 4.09. The average Bonchev–Trinajstić information content (AvgIpc) is 2.96. The van der Waals surface area contributed by atoms with Crippen LogP contribution in [-0.4, -0.2) is 54.1 Å². The van der Waals surface area contributed by atoms with Gasteiger partial charge in [0.25, 0.3) is 0 Å². The molecule has 0 bridgehead atoms. The van der Waals surface area contributed by atoms with Crippen LogP contribution in [0.4, 0.5) is 0 Å². The van der Waals surface area contributed by atoms with Gasteiger partial charge in [0, 0.05) is 18.0 Å². The van der Waals surface area contributed by atoms with Gasteiger partial charge in [-0.1, -0.05) is 12.1 Å². The van der Waals surface area contributed by atoms with Crippen molar-refractivity contribution in [2.75, 3.05) is 33.3 Å². The van der Waals surface area contributed by atoms with Crippen LogP contribution in [0.3, 0.4) is 0 Å². The van der Waals surface area contributed by atoms with Crippen molar-refractivity contribution < 1.29 is 9.90 Å². The van der Waals surface area contributed by atoms with E-state index in [1.54, 1.807) is 17.4 Å². The number of carbonyl (C=O) groups is 1. The van der Waals surface area contributed by atoms with Gasteiger partial charge in [-0.2, -0.15) is 0 Å². The van der Waals surface area contributed by atoms with Gasteiger partial charge in [-0.3, -0.25) is 9.69 Å². The Balaban J connectivity index is 2.39. The molecular weight excluding hydrogens is 284 g/mol. The van der Waals surface area contributed by atoms with Crippen molar-refractivity contribution in [3.8, 4) is 0 Å². The summed E-state index contributed by atoms with van der Waals surface area (Å²) in [5.74, 6) is 0.132. The first-order chi connectivity index (χ1) is 10.2. The summed E-state index contributed by atoms with van der Waals surface area (Å²) in [5, 5.41) is 10.8. The number of aliphatic hydroxyl groups excluding tert-OH is 1. The van der Waals surface area contributed by atoms with Crippen molar-refractivity contribution >= 4 is 17.2 Å². The second-order valence-electron chi connectivity index (χ2n) is 5.16. The average molecular weight is 310 g/mol. The Kier molecular flexibility index (Phi) is 8.98. The molecule has 0 aliphatic heterocycles. The minimum atomic E-state index is 0.132. The number of hydrogen-bond acceptors (Lipinski definition) is 4. The summed E-state index contributed by atoms with van der Waals surface area (Å²) in [6, 6.07) is 4.05. The molecule has 1 aromatic heterocycles. The van der Waals surface area contributed by atoms with Crippen LogP contribution in [0.5, 0.6) is 0 Å². The summed E-state index contributed by atoms with van der Waals surface area (Å²) in [5.41, 5.74) is 0. The first kappa shape index (κ1) is 17.9. The minimum absolute atomic E-state index is 0.132. The molecule has 0 saturated heterocycles. The number of thiophene rings is 1. The van der Waals surface area contributed by atoms with Crippen LogP contribution in [-0.2, 0) is 11.3 Å². The fourth-order valence-electron chi connectivity index (χ4n) is 2.08. The molecule has 21 heavy (non-hydrogen) atoms. The number of unbranched alkanes of at least 4 members (excludes halogenated alkanes) is 2. The van der Waals surface area contributed by atoms with E-state index in [1.165, 1.54) is 4.88 Å². The lowest BCUT2D eigenvalue weighted by Crippen LogP contribution is -2.38. The van der Waals surface area contributed by atoms with Gasteiger partial charge in [0.2, 0.25) is 5.91 Å². The van der Waals surface area contributed by atoms with Gasteiger partial charge >= 0.3 is 0 Å². The molecule has 0 aliphatic carbocycles. The van der Waals surface area contributed by atoms with Gasteiger partial charge in [0.1, 0.15) is 0 Å². The number of amides is 1. The molecule has 4 nitrogen and oxygen atoms in total. The molecule has 0 spiro atoms. The summed E-state index contributed by atoms with van der Waals surface area (Å²) in [6.07, 6.45) is 4.62. The quantitative estimate of drug-likeness (QED) is 0.504. The topological polar surface area (TPSA) is 43.8 Å². The predicted molar refractivity (Wildman–Crippen MR) is 88.4 cm³/mol. The highest BCUT2D eigenvalue weighted by atomic mass is 32.1. The minimum Gasteiger partial charge on any atom is -0.396 e. The van der Waals surface area contributed by atoms with Gasteiger partial charge in [-0.15, -0.1) is 17.9 Å². The van der Waals surface area contributed by atoms with Crippen LogP contribution in [0.15, 0.2) is 30.2 Å². The first-order valence-electron chi connectivity index (χ1n) is 7.37. The third kappa shape index (κ3) is 7.41. The molecule has 0 aromatic carbocycles. The van der Waals surface area contributed by atoms with Gasteiger partial charge in [-0.25, -0.2) is 0 Å². The molecule has 118 valence electrons. The Morgan fingerprint density at radius 3 is 2.86 bits per heavy atom. The molecule has 1 heterocycles. The van der Waals surface area contributed by atoms with E-state index in [9.17, 15) is 4.79 Å². The van der Waals surface area contributed by atoms with Crippen LogP contribution in [0.1, 0.15) is 24.1 Å². The van der Waals surface area contributed by atoms with Gasteiger partial charge in [0.15, 0.2) is 0 Å². The van der Waals surface area contributed by atoms with Crippen molar-refractivity contribution in [1.82, 2.24) is 9.80 Å². The molecular formula is C16H26N2O2S. The third-order valence-electron chi connectivity index (χ3n) is 3.23. The molecule has 0 unspecified atom stereocenters. The fourth-order valence-corrected chi connectivity index (χ4v) is 2.80. The largest absolute Gasteiger partial charge is 0.396 e. The second kappa shape index (κ2) is 10.5. The molecule has 0 radical (unpaired) electrons. The zero-order valence-corrected chi connectivity index (χ0v) is 13.6. The van der Waals surface area contributed by atoms with Crippen LogP contribution >= 0.6 is 11.3 Å². The van der Waals surface area contributed by atoms with E-state index >= 15 is 0 Å². The zero-order valence-electron chi connectivity index (χ0n) is 12.8. The monoisotopic (exact) mass is 310 g/mol. The Labute approximate surface area is 131 Å².